The number of nitrogens with zero attached hydrogens (tertiary/aromatic N) is 17. The number of carbonyl (C=O) groups is 2. The van der Waals surface area contributed by atoms with Gasteiger partial charge in [0.15, 0.2) is 29.7 Å². The second-order valence-electron chi connectivity index (χ2n) is 21.2. The molecule has 0 radical (unpaired) electrons. The van der Waals surface area contributed by atoms with Crippen molar-refractivity contribution >= 4 is 105 Å². The van der Waals surface area contributed by atoms with Gasteiger partial charge in [-0.25, -0.2) is 0 Å². The Morgan fingerprint density at radius 1 is 0.466 bits per heavy atom. The second kappa shape index (κ2) is 29.4. The first-order valence-corrected chi connectivity index (χ1v) is 31.1. The van der Waals surface area contributed by atoms with Crippen LogP contribution >= 0.6 is 34.0 Å². The molecule has 0 saturated carbocycles. The third-order valence-corrected chi connectivity index (χ3v) is 17.6. The number of benzene rings is 2. The zero-order valence-electron chi connectivity index (χ0n) is 48.9. The summed E-state index contributed by atoms with van der Waals surface area (Å²) >= 11 is 3.97. The lowest BCUT2D eigenvalue weighted by molar-refractivity contribution is -0.126. The van der Waals surface area contributed by atoms with Crippen LogP contribution in [0.25, 0.3) is 0 Å². The van der Waals surface area contributed by atoms with Crippen molar-refractivity contribution in [2.45, 2.75) is 61.8 Å². The van der Waals surface area contributed by atoms with E-state index in [-0.39, 0.29) is 36.1 Å². The average Bonchev–Trinajstić information content (AvgIpc) is 3.45. The molecule has 6 aromatic heterocycles. The van der Waals surface area contributed by atoms with Crippen molar-refractivity contribution in [2.24, 2.45) is 0 Å². The van der Waals surface area contributed by atoms with Crippen LogP contribution < -0.4 is 56.8 Å². The summed E-state index contributed by atoms with van der Waals surface area (Å²) in [5.74, 6) is 2.06. The van der Waals surface area contributed by atoms with Crippen molar-refractivity contribution in [2.75, 3.05) is 151 Å². The Kier molecular flexibility index (Phi) is 20.4. The van der Waals surface area contributed by atoms with Gasteiger partial charge in [0.1, 0.15) is 0 Å². The lowest BCUT2D eigenvalue weighted by Crippen LogP contribution is -2.51. The predicted molar refractivity (Wildman–Crippen MR) is 339 cm³/mol. The molecule has 29 nitrogen and oxygen atoms in total. The molecule has 5 fully saturated rings. The molecule has 0 bridgehead atoms. The highest BCUT2D eigenvalue weighted by atomic mass is 32.1. The van der Waals surface area contributed by atoms with Crippen LogP contribution in [0.5, 0.6) is 0 Å². The third kappa shape index (κ3) is 15.7. The Morgan fingerprint density at radius 2 is 0.841 bits per heavy atom. The molecule has 32 heteroatoms. The molecule has 0 unspecified atom stereocenters. The molecule has 5 aliphatic heterocycles. The first-order chi connectivity index (χ1) is 43.1. The van der Waals surface area contributed by atoms with E-state index in [1.165, 1.54) is 48.2 Å². The fraction of sp³-hybridized carbons (Fsp3) is 0.429. The van der Waals surface area contributed by atoms with Gasteiger partial charge in [-0.3, -0.25) is 20.2 Å². The molecule has 13 rings (SSSR count). The SMILES string of the molecule is COC1CN(c2cccc([C@@H](OC)C(=O)Nc3nnc(N[C@@H]4CCN(c5cccnn5)C4)s3)c2)C1.COC1CN(c2cccc([C@H](OC)C(=O)Nc3nnc(N[C@@H]4CCN(c5cccnn5)C4)s3)c2)C1.Nc1nnc(N[C@@H]2CCN(c3cccnn3)C2)s1. The minimum Gasteiger partial charge on any atom is -0.378 e. The molecule has 5 aliphatic rings. The number of hydrogen-bond acceptors (Lipinski definition) is 30. The number of ether oxygens (including phenoxy) is 4. The topological polar surface area (TPSA) is 328 Å². The summed E-state index contributed by atoms with van der Waals surface area (Å²) in [6.07, 6.45) is 6.93. The molecule has 8 aromatic rings. The van der Waals surface area contributed by atoms with Gasteiger partial charge in [-0.1, -0.05) is 58.3 Å². The Labute approximate surface area is 519 Å². The van der Waals surface area contributed by atoms with E-state index >= 15 is 0 Å². The number of rotatable bonds is 21. The van der Waals surface area contributed by atoms with Crippen molar-refractivity contribution in [3.05, 3.63) is 115 Å². The molecule has 2 aromatic carbocycles. The number of carbonyl (C=O) groups excluding carboxylic acids is 2. The minimum absolute atomic E-state index is 0.210. The van der Waals surface area contributed by atoms with Gasteiger partial charge in [-0.2, -0.15) is 15.3 Å². The van der Waals surface area contributed by atoms with E-state index in [4.69, 9.17) is 24.7 Å². The molecule has 88 heavy (non-hydrogen) atoms. The number of nitrogens with one attached hydrogen (secondary N) is 5. The van der Waals surface area contributed by atoms with Crippen LogP contribution in [0.3, 0.4) is 0 Å². The maximum Gasteiger partial charge on any atom is 0.259 e. The van der Waals surface area contributed by atoms with E-state index in [9.17, 15) is 9.59 Å². The fourth-order valence-electron chi connectivity index (χ4n) is 10.6. The molecule has 2 amide bonds. The number of nitrogens with two attached hydrogens (primary N) is 1. The van der Waals surface area contributed by atoms with Crippen molar-refractivity contribution in [1.29, 1.82) is 0 Å². The number of aromatic nitrogens is 12. The lowest BCUT2D eigenvalue weighted by atomic mass is 10.0. The molecule has 7 N–H and O–H groups in total. The van der Waals surface area contributed by atoms with Crippen LogP contribution in [0.4, 0.5) is 59.6 Å². The third-order valence-electron chi connectivity index (χ3n) is 15.3. The van der Waals surface area contributed by atoms with Crippen molar-refractivity contribution in [3.63, 3.8) is 0 Å². The van der Waals surface area contributed by atoms with Crippen LogP contribution in [-0.4, -0.2) is 197 Å². The molecule has 11 heterocycles. The van der Waals surface area contributed by atoms with Crippen LogP contribution in [0, 0.1) is 0 Å². The Hall–Kier alpha value is -8.66. The zero-order valence-corrected chi connectivity index (χ0v) is 51.4. The summed E-state index contributed by atoms with van der Waals surface area (Å²) in [6.45, 7) is 8.55. The van der Waals surface area contributed by atoms with Crippen LogP contribution in [0.1, 0.15) is 42.6 Å². The van der Waals surface area contributed by atoms with E-state index < -0.39 is 12.2 Å². The first kappa shape index (κ1) is 61.0. The van der Waals surface area contributed by atoms with Gasteiger partial charge >= 0.3 is 0 Å². The first-order valence-electron chi connectivity index (χ1n) is 28.6. The Morgan fingerprint density at radius 3 is 1.18 bits per heavy atom. The van der Waals surface area contributed by atoms with Crippen molar-refractivity contribution in [3.8, 4) is 0 Å². The van der Waals surface area contributed by atoms with E-state index in [1.54, 1.807) is 32.8 Å². The van der Waals surface area contributed by atoms with Gasteiger partial charge in [0.2, 0.25) is 30.8 Å². The van der Waals surface area contributed by atoms with E-state index in [1.807, 2.05) is 84.9 Å². The molecule has 0 spiro atoms. The van der Waals surface area contributed by atoms with Crippen LogP contribution in [-0.2, 0) is 28.5 Å². The van der Waals surface area contributed by atoms with Gasteiger partial charge in [0.05, 0.1) is 12.2 Å². The normalized spacial score (nSPS) is 18.9. The monoisotopic (exact) mass is 1260 g/mol. The number of hydrogen-bond donors (Lipinski definition) is 6. The van der Waals surface area contributed by atoms with E-state index in [2.05, 4.69) is 112 Å². The summed E-state index contributed by atoms with van der Waals surface area (Å²) in [7, 11) is 6.50. The number of anilines is 11. The van der Waals surface area contributed by atoms with E-state index in [0.29, 0.717) is 31.7 Å². The standard InChI is InChI=1S/2C23H28N8O3S.C10H13N7S/c2*1-33-18-13-31(14-18)17-6-3-5-15(11-17)20(34-2)21(32)26-23-29-28-22(35-23)25-16-8-10-30(12-16)19-7-4-9-24-27-19;11-9-15-16-10(18-9)13-7-3-5-17(6-7)8-2-1-4-12-14-8/h2*3-7,9,11,16,18,20H,8,10,12-14H2,1-2H3,(H,25,28)(H,26,29,32);1-2,4,7H,3,5-6H2,(H2,11,15)(H,13,16)/t16-,20+;16-,20-;7-/m111/s1. The van der Waals surface area contributed by atoms with Gasteiger partial charge in [0, 0.05) is 142 Å². The van der Waals surface area contributed by atoms with Crippen LogP contribution in [0.2, 0.25) is 0 Å². The second-order valence-corrected chi connectivity index (χ2v) is 24.1. The predicted octanol–water partition coefficient (Wildman–Crippen LogP) is 4.96. The Bertz CT molecular complexity index is 3320. The fourth-order valence-corrected chi connectivity index (χ4v) is 12.7. The minimum atomic E-state index is -0.759. The average molecular weight is 1260 g/mol. The summed E-state index contributed by atoms with van der Waals surface area (Å²) in [6, 6.07) is 28.0. The summed E-state index contributed by atoms with van der Waals surface area (Å²) in [5, 5.41) is 67.9. The quantitative estimate of drug-likeness (QED) is 0.0553. The van der Waals surface area contributed by atoms with Gasteiger partial charge < -0.3 is 65.1 Å². The number of methoxy groups -OCH3 is 4. The van der Waals surface area contributed by atoms with Crippen LogP contribution in [0.15, 0.2) is 104 Å². The summed E-state index contributed by atoms with van der Waals surface area (Å²) in [4.78, 5) is 37.0. The number of nitrogen functional groups attached to an aromatic ring is 1. The summed E-state index contributed by atoms with van der Waals surface area (Å²) in [5.41, 5.74) is 9.19. The highest BCUT2D eigenvalue weighted by Gasteiger charge is 2.32. The van der Waals surface area contributed by atoms with Crippen molar-refractivity contribution in [1.82, 2.24) is 61.2 Å². The smallest absolute Gasteiger partial charge is 0.259 e. The van der Waals surface area contributed by atoms with Gasteiger partial charge in [0.25, 0.3) is 11.8 Å². The molecule has 5 saturated heterocycles. The molecule has 5 atom stereocenters. The number of amides is 2. The van der Waals surface area contributed by atoms with Gasteiger partial charge in [-0.15, -0.1) is 45.9 Å². The molecule has 462 valence electrons. The molecule has 0 aliphatic carbocycles. The largest absolute Gasteiger partial charge is 0.378 e. The maximum absolute atomic E-state index is 13.0. The molecular weight excluding hydrogens is 1190 g/mol. The summed E-state index contributed by atoms with van der Waals surface area (Å²) < 4.78 is 21.8. The zero-order chi connectivity index (χ0) is 60.8. The highest BCUT2D eigenvalue weighted by Crippen LogP contribution is 2.32. The maximum atomic E-state index is 13.0. The lowest BCUT2D eigenvalue weighted by Gasteiger charge is -2.40. The van der Waals surface area contributed by atoms with E-state index in [0.717, 1.165) is 130 Å². The molecular formula is C56H69N23O6S3. The van der Waals surface area contributed by atoms with Crippen molar-refractivity contribution < 1.29 is 28.5 Å². The highest BCUT2D eigenvalue weighted by molar-refractivity contribution is 7.19. The Balaban J connectivity index is 0.000000144. The van der Waals surface area contributed by atoms with Gasteiger partial charge in [-0.05, 0) is 91.1 Å².